The van der Waals surface area contributed by atoms with Gasteiger partial charge in [-0.1, -0.05) is 0 Å². The topological polar surface area (TPSA) is 49.4 Å². The molecule has 5 heteroatoms. The predicted molar refractivity (Wildman–Crippen MR) is 78.8 cm³/mol. The molecule has 1 aliphatic carbocycles. The Labute approximate surface area is 123 Å². The summed E-state index contributed by atoms with van der Waals surface area (Å²) in [7, 11) is 0. The van der Waals surface area contributed by atoms with E-state index in [2.05, 4.69) is 5.32 Å². The fourth-order valence-corrected chi connectivity index (χ4v) is 3.59. The van der Waals surface area contributed by atoms with E-state index in [1.807, 2.05) is 23.3 Å². The summed E-state index contributed by atoms with van der Waals surface area (Å²) in [6.45, 7) is 3.46. The molecule has 2 fully saturated rings. The second-order valence-corrected chi connectivity index (χ2v) is 6.80. The third kappa shape index (κ3) is 3.03. The first-order valence-corrected chi connectivity index (χ1v) is 8.14. The molecule has 2 aliphatic rings. The molecule has 1 atom stereocenters. The molecule has 1 aromatic heterocycles. The number of aryl methyl sites for hydroxylation is 1. The Morgan fingerprint density at radius 1 is 1.40 bits per heavy atom. The molecule has 1 saturated heterocycles. The Balaban J connectivity index is 1.52. The normalized spacial score (nSPS) is 22.1. The molecule has 1 unspecified atom stereocenters. The van der Waals surface area contributed by atoms with Gasteiger partial charge < -0.3 is 10.2 Å². The predicted octanol–water partition coefficient (Wildman–Crippen LogP) is 2.19. The first kappa shape index (κ1) is 13.6. The van der Waals surface area contributed by atoms with Crippen molar-refractivity contribution in [3.05, 3.63) is 21.9 Å². The molecule has 108 valence electrons. The van der Waals surface area contributed by atoms with Gasteiger partial charge in [-0.25, -0.2) is 0 Å². The van der Waals surface area contributed by atoms with Crippen LogP contribution in [-0.2, 0) is 4.79 Å². The zero-order chi connectivity index (χ0) is 14.1. The van der Waals surface area contributed by atoms with Crippen LogP contribution in [0.1, 0.15) is 40.9 Å². The standard InChI is InChI=1S/C15H20N2O2S/c1-10-5-7-20-14(10)15(19)17-6-4-11(9-17)8-13(18)16-12-2-3-12/h5,7,11-12H,2-4,6,8-9H2,1H3,(H,16,18). The largest absolute Gasteiger partial charge is 0.353 e. The van der Waals surface area contributed by atoms with E-state index in [0.29, 0.717) is 24.9 Å². The molecule has 1 aliphatic heterocycles. The molecule has 4 nitrogen and oxygen atoms in total. The lowest BCUT2D eigenvalue weighted by Crippen LogP contribution is -2.31. The Morgan fingerprint density at radius 2 is 2.20 bits per heavy atom. The van der Waals surface area contributed by atoms with Crippen molar-refractivity contribution in [3.8, 4) is 0 Å². The number of likely N-dealkylation sites (tertiary alicyclic amines) is 1. The molecular formula is C15H20N2O2S. The number of hydrogen-bond donors (Lipinski definition) is 1. The summed E-state index contributed by atoms with van der Waals surface area (Å²) in [5.41, 5.74) is 1.05. The SMILES string of the molecule is Cc1ccsc1C(=O)N1CCC(CC(=O)NC2CC2)C1. The van der Waals surface area contributed by atoms with Crippen LogP contribution in [-0.4, -0.2) is 35.8 Å². The molecule has 2 amide bonds. The monoisotopic (exact) mass is 292 g/mol. The van der Waals surface area contributed by atoms with Gasteiger partial charge in [0, 0.05) is 25.6 Å². The summed E-state index contributed by atoms with van der Waals surface area (Å²) >= 11 is 1.51. The van der Waals surface area contributed by atoms with Crippen molar-refractivity contribution in [2.75, 3.05) is 13.1 Å². The van der Waals surface area contributed by atoms with Crippen LogP contribution >= 0.6 is 11.3 Å². The summed E-state index contributed by atoms with van der Waals surface area (Å²) in [6.07, 6.45) is 3.75. The van der Waals surface area contributed by atoms with Gasteiger partial charge in [0.1, 0.15) is 0 Å². The van der Waals surface area contributed by atoms with Crippen LogP contribution in [0, 0.1) is 12.8 Å². The average Bonchev–Trinajstić information content (AvgIpc) is 2.92. The average molecular weight is 292 g/mol. The van der Waals surface area contributed by atoms with E-state index in [9.17, 15) is 9.59 Å². The van der Waals surface area contributed by atoms with Gasteiger partial charge in [0.15, 0.2) is 0 Å². The van der Waals surface area contributed by atoms with E-state index in [-0.39, 0.29) is 11.8 Å². The Bertz CT molecular complexity index is 522. The van der Waals surface area contributed by atoms with Gasteiger partial charge in [-0.15, -0.1) is 11.3 Å². The number of thiophene rings is 1. The van der Waals surface area contributed by atoms with Gasteiger partial charge in [-0.2, -0.15) is 0 Å². The molecule has 0 aromatic carbocycles. The highest BCUT2D eigenvalue weighted by atomic mass is 32.1. The van der Waals surface area contributed by atoms with E-state index in [1.165, 1.54) is 11.3 Å². The number of rotatable bonds is 4. The molecule has 1 saturated carbocycles. The fourth-order valence-electron chi connectivity index (χ4n) is 2.70. The fraction of sp³-hybridized carbons (Fsp3) is 0.600. The maximum absolute atomic E-state index is 12.4. The second-order valence-electron chi connectivity index (χ2n) is 5.88. The summed E-state index contributed by atoms with van der Waals surface area (Å²) in [6, 6.07) is 2.41. The quantitative estimate of drug-likeness (QED) is 0.925. The van der Waals surface area contributed by atoms with Crippen molar-refractivity contribution in [2.45, 2.75) is 38.6 Å². The molecular weight excluding hydrogens is 272 g/mol. The van der Waals surface area contributed by atoms with Crippen molar-refractivity contribution in [2.24, 2.45) is 5.92 Å². The number of amides is 2. The Hall–Kier alpha value is -1.36. The number of nitrogens with zero attached hydrogens (tertiary/aromatic N) is 1. The minimum Gasteiger partial charge on any atom is -0.353 e. The van der Waals surface area contributed by atoms with Crippen molar-refractivity contribution in [3.63, 3.8) is 0 Å². The minimum atomic E-state index is 0.127. The van der Waals surface area contributed by atoms with Crippen LogP contribution in [0.3, 0.4) is 0 Å². The first-order chi connectivity index (χ1) is 9.63. The Morgan fingerprint density at radius 3 is 2.85 bits per heavy atom. The van der Waals surface area contributed by atoms with E-state index < -0.39 is 0 Å². The van der Waals surface area contributed by atoms with E-state index in [4.69, 9.17) is 0 Å². The summed E-state index contributed by atoms with van der Waals surface area (Å²) in [4.78, 5) is 26.9. The van der Waals surface area contributed by atoms with Crippen molar-refractivity contribution >= 4 is 23.2 Å². The van der Waals surface area contributed by atoms with E-state index in [1.54, 1.807) is 0 Å². The van der Waals surface area contributed by atoms with Crippen molar-refractivity contribution in [1.82, 2.24) is 10.2 Å². The van der Waals surface area contributed by atoms with Crippen LogP contribution in [0.4, 0.5) is 0 Å². The highest BCUT2D eigenvalue weighted by Crippen LogP contribution is 2.25. The van der Waals surface area contributed by atoms with Crippen LogP contribution < -0.4 is 5.32 Å². The molecule has 0 radical (unpaired) electrons. The van der Waals surface area contributed by atoms with Crippen LogP contribution in [0.25, 0.3) is 0 Å². The number of carbonyl (C=O) groups is 2. The van der Waals surface area contributed by atoms with Gasteiger partial charge >= 0.3 is 0 Å². The maximum atomic E-state index is 12.4. The highest BCUT2D eigenvalue weighted by molar-refractivity contribution is 7.12. The van der Waals surface area contributed by atoms with Crippen LogP contribution in [0.15, 0.2) is 11.4 Å². The van der Waals surface area contributed by atoms with E-state index in [0.717, 1.165) is 36.2 Å². The number of nitrogens with one attached hydrogen (secondary N) is 1. The van der Waals surface area contributed by atoms with Crippen LogP contribution in [0.2, 0.25) is 0 Å². The summed E-state index contributed by atoms with van der Waals surface area (Å²) < 4.78 is 0. The zero-order valence-corrected chi connectivity index (χ0v) is 12.5. The minimum absolute atomic E-state index is 0.127. The smallest absolute Gasteiger partial charge is 0.264 e. The molecule has 3 rings (SSSR count). The molecule has 20 heavy (non-hydrogen) atoms. The third-order valence-corrected chi connectivity index (χ3v) is 5.05. The first-order valence-electron chi connectivity index (χ1n) is 7.26. The summed E-state index contributed by atoms with van der Waals surface area (Å²) in [5, 5.41) is 4.98. The number of carbonyl (C=O) groups excluding carboxylic acids is 2. The summed E-state index contributed by atoms with van der Waals surface area (Å²) in [5.74, 6) is 0.597. The lowest BCUT2D eigenvalue weighted by atomic mass is 10.0. The molecule has 0 bridgehead atoms. The highest BCUT2D eigenvalue weighted by Gasteiger charge is 2.31. The zero-order valence-electron chi connectivity index (χ0n) is 11.7. The molecule has 1 N–H and O–H groups in total. The van der Waals surface area contributed by atoms with Crippen molar-refractivity contribution in [1.29, 1.82) is 0 Å². The Kier molecular flexibility index (Phi) is 3.78. The molecule has 0 spiro atoms. The van der Waals surface area contributed by atoms with Gasteiger partial charge in [-0.3, -0.25) is 9.59 Å². The van der Waals surface area contributed by atoms with E-state index >= 15 is 0 Å². The number of hydrogen-bond acceptors (Lipinski definition) is 3. The van der Waals surface area contributed by atoms with Gasteiger partial charge in [0.25, 0.3) is 5.91 Å². The lowest BCUT2D eigenvalue weighted by Gasteiger charge is -2.16. The third-order valence-electron chi connectivity index (χ3n) is 4.05. The van der Waals surface area contributed by atoms with Crippen molar-refractivity contribution < 1.29 is 9.59 Å². The molecule has 2 heterocycles. The van der Waals surface area contributed by atoms with Gasteiger partial charge in [0.2, 0.25) is 5.91 Å². The van der Waals surface area contributed by atoms with Gasteiger partial charge in [0.05, 0.1) is 4.88 Å². The second kappa shape index (κ2) is 5.56. The van der Waals surface area contributed by atoms with Gasteiger partial charge in [-0.05, 0) is 49.1 Å². The molecule has 1 aromatic rings. The maximum Gasteiger partial charge on any atom is 0.264 e. The van der Waals surface area contributed by atoms with Crippen LogP contribution in [0.5, 0.6) is 0 Å². The lowest BCUT2D eigenvalue weighted by molar-refractivity contribution is -0.122.